The highest BCUT2D eigenvalue weighted by Crippen LogP contribution is 2.25. The summed E-state index contributed by atoms with van der Waals surface area (Å²) in [7, 11) is -3.64. The number of amides is 1. The maximum Gasteiger partial charge on any atom is 0.246 e. The molecule has 2 rings (SSSR count). The van der Waals surface area contributed by atoms with Crippen molar-refractivity contribution in [1.29, 1.82) is 0 Å². The molecule has 116 valence electrons. The third-order valence-corrected chi connectivity index (χ3v) is 5.54. The lowest BCUT2D eigenvalue weighted by molar-refractivity contribution is -0.126. The van der Waals surface area contributed by atoms with Crippen LogP contribution in [0.4, 0.5) is 5.82 Å². The van der Waals surface area contributed by atoms with E-state index in [4.69, 9.17) is 5.73 Å². The molecule has 0 aromatic carbocycles. The summed E-state index contributed by atoms with van der Waals surface area (Å²) in [6, 6.07) is 3.00. The van der Waals surface area contributed by atoms with Crippen molar-refractivity contribution >= 4 is 21.7 Å². The number of nitrogens with zero attached hydrogens (tertiary/aromatic N) is 2. The van der Waals surface area contributed by atoms with Crippen LogP contribution in [0.5, 0.6) is 0 Å². The minimum absolute atomic E-state index is 0.00310. The van der Waals surface area contributed by atoms with E-state index in [1.165, 1.54) is 16.6 Å². The van der Waals surface area contributed by atoms with Gasteiger partial charge in [-0.05, 0) is 31.9 Å². The van der Waals surface area contributed by atoms with E-state index in [-0.39, 0.29) is 22.5 Å². The Morgan fingerprint density at radius 3 is 2.71 bits per heavy atom. The Bertz CT molecular complexity index is 610. The van der Waals surface area contributed by atoms with E-state index < -0.39 is 10.0 Å². The zero-order chi connectivity index (χ0) is 15.5. The minimum atomic E-state index is -3.64. The Balaban J connectivity index is 2.08. The van der Waals surface area contributed by atoms with E-state index in [0.29, 0.717) is 32.5 Å². The first-order valence-corrected chi connectivity index (χ1v) is 8.39. The van der Waals surface area contributed by atoms with Crippen molar-refractivity contribution in [3.05, 3.63) is 18.3 Å². The molecule has 1 saturated heterocycles. The van der Waals surface area contributed by atoms with Crippen molar-refractivity contribution < 1.29 is 13.2 Å². The van der Waals surface area contributed by atoms with Crippen LogP contribution < -0.4 is 11.1 Å². The number of carbonyl (C=O) groups excluding carboxylic acids is 1. The molecule has 0 bridgehead atoms. The second kappa shape index (κ2) is 6.40. The third kappa shape index (κ3) is 3.33. The molecule has 1 aliphatic rings. The standard InChI is InChI=1S/C13H20N4O3S/c1-2-15-13(18)10-5-8-17(9-6-10)21(19,20)11-4-3-7-16-12(11)14/h3-4,7,10H,2,5-6,8-9H2,1H3,(H2,14,16)(H,15,18). The second-order valence-corrected chi connectivity index (χ2v) is 6.87. The Kier molecular flexibility index (Phi) is 4.79. The fourth-order valence-electron chi connectivity index (χ4n) is 2.44. The molecule has 1 amide bonds. The highest BCUT2D eigenvalue weighted by molar-refractivity contribution is 7.89. The highest BCUT2D eigenvalue weighted by atomic mass is 32.2. The van der Waals surface area contributed by atoms with Gasteiger partial charge in [-0.2, -0.15) is 4.31 Å². The second-order valence-electron chi connectivity index (χ2n) is 4.96. The molecule has 3 N–H and O–H groups in total. The summed E-state index contributed by atoms with van der Waals surface area (Å²) in [6.07, 6.45) is 2.49. The van der Waals surface area contributed by atoms with Crippen LogP contribution in [0.1, 0.15) is 19.8 Å². The molecule has 1 aromatic heterocycles. The van der Waals surface area contributed by atoms with Gasteiger partial charge < -0.3 is 11.1 Å². The van der Waals surface area contributed by atoms with E-state index in [2.05, 4.69) is 10.3 Å². The molecular formula is C13H20N4O3S. The lowest BCUT2D eigenvalue weighted by Gasteiger charge is -2.30. The fourth-order valence-corrected chi connectivity index (χ4v) is 3.97. The summed E-state index contributed by atoms with van der Waals surface area (Å²) in [6.45, 7) is 3.09. The van der Waals surface area contributed by atoms with Gasteiger partial charge in [0.05, 0.1) is 0 Å². The van der Waals surface area contributed by atoms with Crippen LogP contribution in [0.15, 0.2) is 23.2 Å². The van der Waals surface area contributed by atoms with Crippen LogP contribution in [-0.4, -0.2) is 43.2 Å². The van der Waals surface area contributed by atoms with Gasteiger partial charge >= 0.3 is 0 Å². The molecule has 8 heteroatoms. The van der Waals surface area contributed by atoms with Crippen LogP contribution in [0.25, 0.3) is 0 Å². The van der Waals surface area contributed by atoms with Crippen LogP contribution in [-0.2, 0) is 14.8 Å². The predicted molar refractivity (Wildman–Crippen MR) is 78.8 cm³/mol. The van der Waals surface area contributed by atoms with E-state index in [1.54, 1.807) is 6.07 Å². The van der Waals surface area contributed by atoms with E-state index in [9.17, 15) is 13.2 Å². The number of nitrogens with one attached hydrogen (secondary N) is 1. The fraction of sp³-hybridized carbons (Fsp3) is 0.538. The van der Waals surface area contributed by atoms with E-state index >= 15 is 0 Å². The van der Waals surface area contributed by atoms with Crippen molar-refractivity contribution in [2.24, 2.45) is 5.92 Å². The quantitative estimate of drug-likeness (QED) is 0.826. The zero-order valence-corrected chi connectivity index (χ0v) is 12.8. The summed E-state index contributed by atoms with van der Waals surface area (Å²) in [5.41, 5.74) is 5.65. The Hall–Kier alpha value is -1.67. The van der Waals surface area contributed by atoms with Gasteiger partial charge in [-0.1, -0.05) is 0 Å². The third-order valence-electron chi connectivity index (χ3n) is 3.59. The number of hydrogen-bond acceptors (Lipinski definition) is 5. The van der Waals surface area contributed by atoms with Crippen molar-refractivity contribution in [2.45, 2.75) is 24.7 Å². The van der Waals surface area contributed by atoms with Crippen molar-refractivity contribution in [2.75, 3.05) is 25.4 Å². The average Bonchev–Trinajstić information content (AvgIpc) is 2.48. The van der Waals surface area contributed by atoms with Gasteiger partial charge in [-0.25, -0.2) is 13.4 Å². The molecule has 7 nitrogen and oxygen atoms in total. The van der Waals surface area contributed by atoms with E-state index in [0.717, 1.165) is 0 Å². The number of rotatable bonds is 4. The average molecular weight is 312 g/mol. The number of nitrogens with two attached hydrogens (primary N) is 1. The smallest absolute Gasteiger partial charge is 0.246 e. The molecule has 1 aromatic rings. The molecule has 1 aliphatic heterocycles. The molecule has 0 radical (unpaired) electrons. The Labute approximate surface area is 124 Å². The van der Waals surface area contributed by atoms with Crippen LogP contribution >= 0.6 is 0 Å². The number of aromatic nitrogens is 1. The Morgan fingerprint density at radius 1 is 1.48 bits per heavy atom. The van der Waals surface area contributed by atoms with Gasteiger partial charge in [0.25, 0.3) is 0 Å². The highest BCUT2D eigenvalue weighted by Gasteiger charge is 2.33. The van der Waals surface area contributed by atoms with Gasteiger partial charge in [0, 0.05) is 31.7 Å². The first kappa shape index (κ1) is 15.7. The molecule has 0 atom stereocenters. The maximum atomic E-state index is 12.5. The lowest BCUT2D eigenvalue weighted by atomic mass is 9.97. The van der Waals surface area contributed by atoms with Crippen molar-refractivity contribution in [3.63, 3.8) is 0 Å². The number of anilines is 1. The molecule has 0 saturated carbocycles. The summed E-state index contributed by atoms with van der Waals surface area (Å²) >= 11 is 0. The number of piperidine rings is 1. The molecular weight excluding hydrogens is 292 g/mol. The molecule has 0 unspecified atom stereocenters. The van der Waals surface area contributed by atoms with E-state index in [1.807, 2.05) is 6.92 Å². The molecule has 2 heterocycles. The zero-order valence-electron chi connectivity index (χ0n) is 11.9. The maximum absolute atomic E-state index is 12.5. The molecule has 0 aliphatic carbocycles. The summed E-state index contributed by atoms with van der Waals surface area (Å²) < 4.78 is 26.4. The largest absolute Gasteiger partial charge is 0.383 e. The van der Waals surface area contributed by atoms with Crippen molar-refractivity contribution in [1.82, 2.24) is 14.6 Å². The molecule has 21 heavy (non-hydrogen) atoms. The number of carbonyl (C=O) groups is 1. The SMILES string of the molecule is CCNC(=O)C1CCN(S(=O)(=O)c2cccnc2N)CC1. The normalized spacial score (nSPS) is 17.6. The van der Waals surface area contributed by atoms with Crippen LogP contribution in [0.2, 0.25) is 0 Å². The number of pyridine rings is 1. The molecule has 0 spiro atoms. The number of nitrogen functional groups attached to an aromatic ring is 1. The summed E-state index contributed by atoms with van der Waals surface area (Å²) in [5, 5.41) is 2.77. The summed E-state index contributed by atoms with van der Waals surface area (Å²) in [5.74, 6) is -0.124. The Morgan fingerprint density at radius 2 is 2.14 bits per heavy atom. The van der Waals surface area contributed by atoms with Gasteiger partial charge in [0.2, 0.25) is 15.9 Å². The molecule has 1 fully saturated rings. The number of sulfonamides is 1. The first-order chi connectivity index (χ1) is 9.96. The topological polar surface area (TPSA) is 105 Å². The van der Waals surface area contributed by atoms with Gasteiger partial charge in [-0.15, -0.1) is 0 Å². The first-order valence-electron chi connectivity index (χ1n) is 6.95. The number of hydrogen-bond donors (Lipinski definition) is 2. The van der Waals surface area contributed by atoms with Crippen molar-refractivity contribution in [3.8, 4) is 0 Å². The van der Waals surface area contributed by atoms with Gasteiger partial charge in [-0.3, -0.25) is 4.79 Å². The predicted octanol–water partition coefficient (Wildman–Crippen LogP) is 0.201. The van der Waals surface area contributed by atoms with Gasteiger partial charge in [0.1, 0.15) is 10.7 Å². The van der Waals surface area contributed by atoms with Gasteiger partial charge in [0.15, 0.2) is 0 Å². The van der Waals surface area contributed by atoms with Crippen LogP contribution in [0, 0.1) is 5.92 Å². The monoisotopic (exact) mass is 312 g/mol. The summed E-state index contributed by atoms with van der Waals surface area (Å²) in [4.78, 5) is 15.6. The van der Waals surface area contributed by atoms with Crippen LogP contribution in [0.3, 0.4) is 0 Å². The minimum Gasteiger partial charge on any atom is -0.383 e. The lowest BCUT2D eigenvalue weighted by Crippen LogP contribution is -2.43.